The first-order chi connectivity index (χ1) is 27.1. The number of benzene rings is 8. The molecule has 0 aliphatic carbocycles. The SMILES string of the molecule is C=C(N=C(N=C(C)c1cccc2oc3cccc(-c4cccc5c4oc4ccccc45)c3c12)c1ccc(-c2ccccc2)cc1)c1ccc2ccccc2c1. The number of fused-ring (bicyclic) bond motifs is 7. The van der Waals surface area contributed by atoms with Gasteiger partial charge >= 0.3 is 0 Å². The van der Waals surface area contributed by atoms with Crippen molar-refractivity contribution in [1.29, 1.82) is 0 Å². The van der Waals surface area contributed by atoms with Crippen molar-refractivity contribution in [3.05, 3.63) is 199 Å². The van der Waals surface area contributed by atoms with Crippen molar-refractivity contribution < 1.29 is 8.83 Å². The minimum absolute atomic E-state index is 0.576. The number of amidine groups is 1. The molecule has 0 unspecified atom stereocenters. The largest absolute Gasteiger partial charge is 0.456 e. The highest BCUT2D eigenvalue weighted by atomic mass is 16.3. The summed E-state index contributed by atoms with van der Waals surface area (Å²) in [5.41, 5.74) is 11.9. The summed E-state index contributed by atoms with van der Waals surface area (Å²) in [6, 6.07) is 60.4. The van der Waals surface area contributed by atoms with E-state index in [2.05, 4.69) is 134 Å². The Balaban J connectivity index is 1.14. The van der Waals surface area contributed by atoms with Crippen molar-refractivity contribution in [3.8, 4) is 22.3 Å². The lowest BCUT2D eigenvalue weighted by molar-refractivity contribution is 0.668. The maximum atomic E-state index is 6.55. The molecular formula is C51H34N2O2. The molecule has 10 rings (SSSR count). The van der Waals surface area contributed by atoms with Gasteiger partial charge in [0, 0.05) is 49.5 Å². The summed E-state index contributed by atoms with van der Waals surface area (Å²) in [6.07, 6.45) is 0. The van der Waals surface area contributed by atoms with Gasteiger partial charge in [0.15, 0.2) is 5.84 Å². The Hall–Kier alpha value is -7.30. The minimum Gasteiger partial charge on any atom is -0.456 e. The molecule has 0 spiro atoms. The molecule has 55 heavy (non-hydrogen) atoms. The number of para-hydroxylation sites is 2. The summed E-state index contributed by atoms with van der Waals surface area (Å²) in [5, 5.41) is 6.50. The summed E-state index contributed by atoms with van der Waals surface area (Å²) >= 11 is 0. The Morgan fingerprint density at radius 1 is 0.473 bits per heavy atom. The fourth-order valence-electron chi connectivity index (χ4n) is 7.73. The van der Waals surface area contributed by atoms with Crippen LogP contribution >= 0.6 is 0 Å². The quantitative estimate of drug-likeness (QED) is 0.128. The van der Waals surface area contributed by atoms with Crippen LogP contribution in [0.5, 0.6) is 0 Å². The number of hydrogen-bond acceptors (Lipinski definition) is 3. The molecule has 0 N–H and O–H groups in total. The molecule has 10 aromatic rings. The van der Waals surface area contributed by atoms with E-state index in [1.807, 2.05) is 55.5 Å². The molecule has 4 heteroatoms. The van der Waals surface area contributed by atoms with E-state index in [1.54, 1.807) is 0 Å². The second-order valence-corrected chi connectivity index (χ2v) is 13.8. The van der Waals surface area contributed by atoms with Crippen LogP contribution in [0.15, 0.2) is 201 Å². The van der Waals surface area contributed by atoms with Gasteiger partial charge in [0.05, 0.1) is 5.70 Å². The maximum absolute atomic E-state index is 6.55. The van der Waals surface area contributed by atoms with E-state index in [1.165, 1.54) is 5.39 Å². The van der Waals surface area contributed by atoms with Crippen LogP contribution in [0.25, 0.3) is 82.6 Å². The van der Waals surface area contributed by atoms with E-state index in [0.29, 0.717) is 11.5 Å². The molecule has 2 heterocycles. The smallest absolute Gasteiger partial charge is 0.160 e. The Bertz CT molecular complexity index is 3160. The Morgan fingerprint density at radius 3 is 1.96 bits per heavy atom. The van der Waals surface area contributed by atoms with Crippen molar-refractivity contribution in [3.63, 3.8) is 0 Å². The lowest BCUT2D eigenvalue weighted by atomic mass is 9.95. The molecule has 0 bridgehead atoms. The molecule has 0 aliphatic rings. The monoisotopic (exact) mass is 706 g/mol. The van der Waals surface area contributed by atoms with Crippen molar-refractivity contribution in [2.75, 3.05) is 0 Å². The van der Waals surface area contributed by atoms with Crippen LogP contribution in [0, 0.1) is 0 Å². The normalized spacial score (nSPS) is 12.4. The van der Waals surface area contributed by atoms with Crippen molar-refractivity contribution in [1.82, 2.24) is 0 Å². The zero-order chi connectivity index (χ0) is 36.9. The van der Waals surface area contributed by atoms with Crippen LogP contribution in [0.3, 0.4) is 0 Å². The van der Waals surface area contributed by atoms with Crippen molar-refractivity contribution >= 4 is 71.9 Å². The van der Waals surface area contributed by atoms with Gasteiger partial charge in [0.25, 0.3) is 0 Å². The summed E-state index contributed by atoms with van der Waals surface area (Å²) in [4.78, 5) is 10.5. The predicted octanol–water partition coefficient (Wildman–Crippen LogP) is 13.9. The third-order valence-corrected chi connectivity index (χ3v) is 10.5. The van der Waals surface area contributed by atoms with Gasteiger partial charge in [-0.3, -0.25) is 0 Å². The lowest BCUT2D eigenvalue weighted by Crippen LogP contribution is -2.05. The van der Waals surface area contributed by atoms with E-state index in [-0.39, 0.29) is 0 Å². The average molecular weight is 707 g/mol. The standard InChI is InChI=1S/C51H34N2O2/c1-32(38-30-27-35-15-6-7-16-39(35)31-38)52-51(37-28-25-36(26-29-37)34-13-4-3-5-14-34)53-33(2)40-18-11-23-46-48(40)49-42(19-12-24-47(49)54-46)44-21-10-20-43-41-17-8-9-22-45(41)55-50(43)44/h3-31H,1H2,2H3. The van der Waals surface area contributed by atoms with Gasteiger partial charge in [0.1, 0.15) is 22.3 Å². The van der Waals surface area contributed by atoms with Crippen LogP contribution in [-0.2, 0) is 0 Å². The highest BCUT2D eigenvalue weighted by molar-refractivity contribution is 6.25. The first kappa shape index (κ1) is 32.4. The molecule has 0 aliphatic heterocycles. The third-order valence-electron chi connectivity index (χ3n) is 10.5. The molecule has 0 amide bonds. The molecule has 0 fully saturated rings. The van der Waals surface area contributed by atoms with Crippen LogP contribution in [0.2, 0.25) is 0 Å². The van der Waals surface area contributed by atoms with Crippen LogP contribution in [-0.4, -0.2) is 11.5 Å². The van der Waals surface area contributed by atoms with Gasteiger partial charge in [-0.15, -0.1) is 0 Å². The number of rotatable bonds is 6. The van der Waals surface area contributed by atoms with Gasteiger partial charge in [0.2, 0.25) is 0 Å². The highest BCUT2D eigenvalue weighted by Crippen LogP contribution is 2.42. The highest BCUT2D eigenvalue weighted by Gasteiger charge is 2.20. The Morgan fingerprint density at radius 2 is 1.11 bits per heavy atom. The van der Waals surface area contributed by atoms with Gasteiger partial charge in [-0.05, 0) is 58.7 Å². The molecule has 8 aromatic carbocycles. The molecule has 0 saturated carbocycles. The Labute approximate surface area is 318 Å². The lowest BCUT2D eigenvalue weighted by Gasteiger charge is -2.10. The maximum Gasteiger partial charge on any atom is 0.160 e. The predicted molar refractivity (Wildman–Crippen MR) is 230 cm³/mol. The first-order valence-corrected chi connectivity index (χ1v) is 18.4. The molecule has 260 valence electrons. The van der Waals surface area contributed by atoms with E-state index < -0.39 is 0 Å². The molecule has 4 nitrogen and oxygen atoms in total. The first-order valence-electron chi connectivity index (χ1n) is 18.4. The van der Waals surface area contributed by atoms with Gasteiger partial charge in [-0.2, -0.15) is 0 Å². The number of hydrogen-bond donors (Lipinski definition) is 0. The fraction of sp³-hybridized carbons (Fsp3) is 0.0196. The molecule has 2 aromatic heterocycles. The van der Waals surface area contributed by atoms with E-state index in [9.17, 15) is 0 Å². The molecule has 0 saturated heterocycles. The zero-order valence-electron chi connectivity index (χ0n) is 30.2. The average Bonchev–Trinajstić information content (AvgIpc) is 3.82. The van der Waals surface area contributed by atoms with Gasteiger partial charge in [-0.25, -0.2) is 9.98 Å². The summed E-state index contributed by atoms with van der Waals surface area (Å²) < 4.78 is 13.1. The van der Waals surface area contributed by atoms with Crippen LogP contribution in [0.4, 0.5) is 0 Å². The topological polar surface area (TPSA) is 51.0 Å². The van der Waals surface area contributed by atoms with E-state index >= 15 is 0 Å². The second-order valence-electron chi connectivity index (χ2n) is 13.8. The second kappa shape index (κ2) is 13.3. The number of aliphatic imine (C=N–C) groups is 2. The van der Waals surface area contributed by atoms with Crippen molar-refractivity contribution in [2.45, 2.75) is 6.92 Å². The molecular weight excluding hydrogens is 673 g/mol. The van der Waals surface area contributed by atoms with Gasteiger partial charge < -0.3 is 8.83 Å². The third kappa shape index (κ3) is 5.72. The minimum atomic E-state index is 0.576. The van der Waals surface area contributed by atoms with Crippen LogP contribution < -0.4 is 0 Å². The molecule has 0 atom stereocenters. The Kier molecular flexibility index (Phi) is 7.81. The van der Waals surface area contributed by atoms with Crippen LogP contribution in [0.1, 0.15) is 23.6 Å². The summed E-state index contributed by atoms with van der Waals surface area (Å²) in [6.45, 7) is 6.47. The van der Waals surface area contributed by atoms with Gasteiger partial charge in [-0.1, -0.05) is 158 Å². The molecule has 0 radical (unpaired) electrons. The number of furan rings is 2. The summed E-state index contributed by atoms with van der Waals surface area (Å²) in [7, 11) is 0. The van der Waals surface area contributed by atoms with E-state index in [0.717, 1.165) is 93.9 Å². The summed E-state index contributed by atoms with van der Waals surface area (Å²) in [5.74, 6) is 0.576. The number of nitrogens with zero attached hydrogens (tertiary/aromatic N) is 2. The zero-order valence-corrected chi connectivity index (χ0v) is 30.2. The fourth-order valence-corrected chi connectivity index (χ4v) is 7.73. The van der Waals surface area contributed by atoms with Crippen molar-refractivity contribution in [2.24, 2.45) is 9.98 Å². The van der Waals surface area contributed by atoms with E-state index in [4.69, 9.17) is 18.8 Å².